The Morgan fingerprint density at radius 1 is 1.21 bits per heavy atom. The Balaban J connectivity index is 4.38. The minimum atomic E-state index is -1.000. The van der Waals surface area contributed by atoms with Gasteiger partial charge >= 0.3 is 11.9 Å². The molecule has 2 N–H and O–H groups in total. The fraction of sp³-hybridized carbons (Fsp3) is 0.846. The van der Waals surface area contributed by atoms with Gasteiger partial charge in [0.15, 0.2) is 6.10 Å². The number of esters is 1. The highest BCUT2D eigenvalue weighted by atomic mass is 16.5. The van der Waals surface area contributed by atoms with Crippen LogP contribution in [0.2, 0.25) is 0 Å². The number of aliphatic hydroxyl groups is 1. The molecule has 0 aromatic carbocycles. The minimum Gasteiger partial charge on any atom is -0.481 e. The molecule has 0 saturated heterocycles. The standard InChI is InChI=1S/C13H25NO5/c1-5-6-10(15)7-13(18)19-11(8-12(16)17)9-14(2,3)4/h10-11,15H,5-9H2,1-4H3/p+1/t10-,11-/m1/s1. The molecular weight excluding hydrogens is 250 g/mol. The molecule has 0 saturated carbocycles. The van der Waals surface area contributed by atoms with Crippen LogP contribution in [-0.4, -0.2) is 66.5 Å². The van der Waals surface area contributed by atoms with Gasteiger partial charge in [0.2, 0.25) is 0 Å². The van der Waals surface area contributed by atoms with Gasteiger partial charge in [0.25, 0.3) is 0 Å². The van der Waals surface area contributed by atoms with Crippen molar-refractivity contribution in [3.63, 3.8) is 0 Å². The van der Waals surface area contributed by atoms with Gasteiger partial charge in [0.05, 0.1) is 40.1 Å². The van der Waals surface area contributed by atoms with E-state index in [0.29, 0.717) is 17.4 Å². The van der Waals surface area contributed by atoms with Crippen molar-refractivity contribution >= 4 is 11.9 Å². The van der Waals surface area contributed by atoms with Crippen LogP contribution in [0, 0.1) is 0 Å². The number of likely N-dealkylation sites (N-methyl/N-ethyl adjacent to an activating group) is 1. The number of aliphatic hydroxyl groups excluding tert-OH is 1. The van der Waals surface area contributed by atoms with Crippen LogP contribution >= 0.6 is 0 Å². The third-order valence-corrected chi connectivity index (χ3v) is 2.48. The zero-order valence-corrected chi connectivity index (χ0v) is 12.3. The van der Waals surface area contributed by atoms with E-state index < -0.39 is 24.1 Å². The molecule has 6 nitrogen and oxygen atoms in total. The smallest absolute Gasteiger partial charge is 0.308 e. The Morgan fingerprint density at radius 3 is 2.21 bits per heavy atom. The van der Waals surface area contributed by atoms with Crippen LogP contribution in [0.5, 0.6) is 0 Å². The molecule has 112 valence electrons. The molecule has 0 aromatic rings. The Labute approximate surface area is 114 Å². The lowest BCUT2D eigenvalue weighted by Gasteiger charge is -2.28. The number of carboxylic acids is 1. The number of carboxylic acid groups (broad SMARTS) is 1. The Bertz CT molecular complexity index is 298. The first-order chi connectivity index (χ1) is 8.64. The lowest BCUT2D eigenvalue weighted by atomic mass is 10.1. The third-order valence-electron chi connectivity index (χ3n) is 2.48. The predicted molar refractivity (Wildman–Crippen MR) is 70.6 cm³/mol. The number of hydrogen-bond donors (Lipinski definition) is 2. The molecule has 0 aliphatic heterocycles. The Kier molecular flexibility index (Phi) is 7.63. The lowest BCUT2D eigenvalue weighted by Crippen LogP contribution is -2.44. The van der Waals surface area contributed by atoms with Crippen molar-refractivity contribution in [2.75, 3.05) is 27.7 Å². The summed E-state index contributed by atoms with van der Waals surface area (Å²) in [5.41, 5.74) is 0. The average Bonchev–Trinajstić information content (AvgIpc) is 2.12. The second-order valence-corrected chi connectivity index (χ2v) is 5.83. The lowest BCUT2D eigenvalue weighted by molar-refractivity contribution is -0.873. The summed E-state index contributed by atoms with van der Waals surface area (Å²) in [6.07, 6.45) is -0.363. The first-order valence-electron chi connectivity index (χ1n) is 6.53. The topological polar surface area (TPSA) is 83.8 Å². The van der Waals surface area contributed by atoms with E-state index >= 15 is 0 Å². The molecule has 0 rings (SSSR count). The van der Waals surface area contributed by atoms with E-state index in [1.807, 2.05) is 28.1 Å². The molecule has 0 spiro atoms. The SMILES string of the molecule is CCC[C@@H](O)CC(=O)O[C@H](CC(=O)O)C[N+](C)(C)C. The second-order valence-electron chi connectivity index (χ2n) is 5.83. The van der Waals surface area contributed by atoms with Crippen LogP contribution in [0.4, 0.5) is 0 Å². The molecule has 2 atom stereocenters. The van der Waals surface area contributed by atoms with Gasteiger partial charge in [-0.1, -0.05) is 13.3 Å². The number of carbonyl (C=O) groups excluding carboxylic acids is 1. The molecule has 0 unspecified atom stereocenters. The van der Waals surface area contributed by atoms with Gasteiger partial charge in [-0.15, -0.1) is 0 Å². The van der Waals surface area contributed by atoms with E-state index in [2.05, 4.69) is 0 Å². The number of carbonyl (C=O) groups is 2. The van der Waals surface area contributed by atoms with E-state index in [9.17, 15) is 14.7 Å². The summed E-state index contributed by atoms with van der Waals surface area (Å²) in [6, 6.07) is 0. The van der Waals surface area contributed by atoms with Crippen molar-refractivity contribution in [3.8, 4) is 0 Å². The van der Waals surface area contributed by atoms with Gasteiger partial charge in [0, 0.05) is 0 Å². The fourth-order valence-electron chi connectivity index (χ4n) is 1.81. The molecule has 0 aliphatic carbocycles. The Hall–Kier alpha value is -1.14. The van der Waals surface area contributed by atoms with Crippen LogP contribution in [-0.2, 0) is 14.3 Å². The zero-order valence-electron chi connectivity index (χ0n) is 12.3. The fourth-order valence-corrected chi connectivity index (χ4v) is 1.81. The van der Waals surface area contributed by atoms with Crippen molar-refractivity contribution in [3.05, 3.63) is 0 Å². The van der Waals surface area contributed by atoms with Gasteiger partial charge in [-0.25, -0.2) is 0 Å². The molecule has 0 aliphatic rings. The van der Waals surface area contributed by atoms with E-state index in [-0.39, 0.29) is 12.8 Å². The third kappa shape index (κ3) is 10.5. The first kappa shape index (κ1) is 17.9. The summed E-state index contributed by atoms with van der Waals surface area (Å²) in [6.45, 7) is 2.33. The molecule has 0 fully saturated rings. The highest BCUT2D eigenvalue weighted by Crippen LogP contribution is 2.09. The molecule has 0 bridgehead atoms. The maximum atomic E-state index is 11.6. The summed E-state index contributed by atoms with van der Waals surface area (Å²) in [4.78, 5) is 22.4. The first-order valence-corrected chi connectivity index (χ1v) is 6.53. The Morgan fingerprint density at radius 2 is 1.79 bits per heavy atom. The van der Waals surface area contributed by atoms with Gasteiger partial charge < -0.3 is 19.4 Å². The van der Waals surface area contributed by atoms with Crippen molar-refractivity contribution < 1.29 is 29.0 Å². The van der Waals surface area contributed by atoms with E-state index in [0.717, 1.165) is 6.42 Å². The van der Waals surface area contributed by atoms with E-state index in [1.165, 1.54) is 0 Å². The molecule has 0 heterocycles. The van der Waals surface area contributed by atoms with Crippen molar-refractivity contribution in [2.24, 2.45) is 0 Å². The highest BCUT2D eigenvalue weighted by Gasteiger charge is 2.25. The number of quaternary nitrogens is 1. The number of hydrogen-bond acceptors (Lipinski definition) is 4. The largest absolute Gasteiger partial charge is 0.481 e. The van der Waals surface area contributed by atoms with Crippen LogP contribution in [0.15, 0.2) is 0 Å². The molecule has 0 radical (unpaired) electrons. The maximum absolute atomic E-state index is 11.6. The normalized spacial score (nSPS) is 14.8. The quantitative estimate of drug-likeness (QED) is 0.477. The number of ether oxygens (including phenoxy) is 1. The van der Waals surface area contributed by atoms with E-state index in [4.69, 9.17) is 9.84 Å². The number of rotatable bonds is 9. The monoisotopic (exact) mass is 276 g/mol. The van der Waals surface area contributed by atoms with Gasteiger partial charge in [-0.2, -0.15) is 0 Å². The summed E-state index contributed by atoms with van der Waals surface area (Å²) < 4.78 is 5.66. The predicted octanol–water partition coefficient (Wildman–Crippen LogP) is 0.630. The van der Waals surface area contributed by atoms with Gasteiger partial charge in [-0.05, 0) is 6.42 Å². The molecule has 0 aromatic heterocycles. The summed E-state index contributed by atoms with van der Waals surface area (Å²) in [5, 5.41) is 18.3. The second kappa shape index (κ2) is 8.12. The van der Waals surface area contributed by atoms with Gasteiger partial charge in [0.1, 0.15) is 6.54 Å². The van der Waals surface area contributed by atoms with E-state index in [1.54, 1.807) is 0 Å². The zero-order chi connectivity index (χ0) is 15.1. The van der Waals surface area contributed by atoms with Crippen LogP contribution in [0.3, 0.4) is 0 Å². The molecular formula is C13H26NO5+. The summed E-state index contributed by atoms with van der Waals surface area (Å²) >= 11 is 0. The molecule has 19 heavy (non-hydrogen) atoms. The highest BCUT2D eigenvalue weighted by molar-refractivity contribution is 5.71. The minimum absolute atomic E-state index is 0.0822. The maximum Gasteiger partial charge on any atom is 0.308 e. The summed E-state index contributed by atoms with van der Waals surface area (Å²) in [5.74, 6) is -1.54. The summed E-state index contributed by atoms with van der Waals surface area (Å²) in [7, 11) is 5.69. The van der Waals surface area contributed by atoms with Crippen LogP contribution < -0.4 is 0 Å². The number of aliphatic carboxylic acids is 1. The van der Waals surface area contributed by atoms with Crippen LogP contribution in [0.25, 0.3) is 0 Å². The number of nitrogens with zero attached hydrogens (tertiary/aromatic N) is 1. The average molecular weight is 276 g/mol. The van der Waals surface area contributed by atoms with Crippen molar-refractivity contribution in [2.45, 2.75) is 44.8 Å². The molecule has 6 heteroatoms. The van der Waals surface area contributed by atoms with Crippen LogP contribution in [0.1, 0.15) is 32.6 Å². The van der Waals surface area contributed by atoms with Gasteiger partial charge in [-0.3, -0.25) is 9.59 Å². The molecule has 0 amide bonds. The van der Waals surface area contributed by atoms with Crippen molar-refractivity contribution in [1.82, 2.24) is 0 Å². The van der Waals surface area contributed by atoms with Crippen molar-refractivity contribution in [1.29, 1.82) is 0 Å².